The third kappa shape index (κ3) is 7.94. The van der Waals surface area contributed by atoms with E-state index in [2.05, 4.69) is 55.5 Å². The molecule has 3 aromatic carbocycles. The summed E-state index contributed by atoms with van der Waals surface area (Å²) in [4.78, 5) is 20.1. The summed E-state index contributed by atoms with van der Waals surface area (Å²) in [6.45, 7) is 1.87. The summed E-state index contributed by atoms with van der Waals surface area (Å²) in [6, 6.07) is 22.9. The van der Waals surface area contributed by atoms with Crippen LogP contribution in [0.2, 0.25) is 10.0 Å². The lowest BCUT2D eigenvalue weighted by Gasteiger charge is -2.17. The number of benzene rings is 3. The molecule has 0 fully saturated rings. The highest BCUT2D eigenvalue weighted by atomic mass is 79.9. The van der Waals surface area contributed by atoms with Gasteiger partial charge in [0, 0.05) is 58.4 Å². The van der Waals surface area contributed by atoms with Crippen molar-refractivity contribution in [2.45, 2.75) is 51.6 Å². The highest BCUT2D eigenvalue weighted by molar-refractivity contribution is 9.10. The maximum Gasteiger partial charge on any atom is 0.320 e. The van der Waals surface area contributed by atoms with E-state index in [-0.39, 0.29) is 37.6 Å². The molecule has 9 nitrogen and oxygen atoms in total. The first kappa shape index (κ1) is 35.3. The van der Waals surface area contributed by atoms with Crippen molar-refractivity contribution in [2.24, 2.45) is 5.73 Å². The van der Waals surface area contributed by atoms with E-state index in [1.54, 1.807) is 25.3 Å². The lowest BCUT2D eigenvalue weighted by molar-refractivity contribution is -0.139. The number of rotatable bonds is 12. The van der Waals surface area contributed by atoms with E-state index in [1.807, 2.05) is 36.4 Å². The van der Waals surface area contributed by atoms with Crippen LogP contribution in [-0.4, -0.2) is 33.1 Å². The second kappa shape index (κ2) is 15.6. The van der Waals surface area contributed by atoms with Gasteiger partial charge in [-0.2, -0.15) is 10.2 Å². The normalized spacial score (nSPS) is 14.1. The average molecular weight is 774 g/mol. The van der Waals surface area contributed by atoms with Crippen LogP contribution in [0.4, 0.5) is 0 Å². The number of carbonyl (C=O) groups is 1. The van der Waals surface area contributed by atoms with Crippen LogP contribution in [0.15, 0.2) is 83.6 Å². The Hall–Kier alpha value is -4.50. The number of hydrogen-bond acceptors (Lipinski definition) is 8. The molecule has 4 N–H and O–H groups in total. The Morgan fingerprint density at radius 2 is 1.70 bits per heavy atom. The van der Waals surface area contributed by atoms with Gasteiger partial charge < -0.3 is 25.6 Å². The number of fused-ring (bicyclic) bond motifs is 1. The first-order valence-corrected chi connectivity index (χ1v) is 17.4. The van der Waals surface area contributed by atoms with Gasteiger partial charge in [-0.1, -0.05) is 77.8 Å². The van der Waals surface area contributed by atoms with Crippen LogP contribution in [0.1, 0.15) is 40.3 Å². The topological polar surface area (TPSA) is 143 Å². The SMILES string of the molecule is C[C@H](NCc1cc(Br)c(OCc2cccc(-c3cccc(-c4ccc5c(c4)C[C@@H](N)C5)c3Cl)c2Cl)nc1OCc1cncc(C#N)c1)C(=O)O. The monoisotopic (exact) mass is 771 g/mol. The Labute approximate surface area is 308 Å². The molecule has 2 heterocycles. The van der Waals surface area contributed by atoms with Crippen LogP contribution in [0.5, 0.6) is 11.8 Å². The zero-order valence-corrected chi connectivity index (χ0v) is 30.0. The van der Waals surface area contributed by atoms with Crippen molar-refractivity contribution in [1.82, 2.24) is 15.3 Å². The Morgan fingerprint density at radius 1 is 0.980 bits per heavy atom. The molecule has 0 amide bonds. The Balaban J connectivity index is 1.25. The van der Waals surface area contributed by atoms with Crippen LogP contribution in [0.25, 0.3) is 22.3 Å². The molecule has 5 aromatic rings. The van der Waals surface area contributed by atoms with E-state index in [0.29, 0.717) is 36.8 Å². The number of nitrogens with zero attached hydrogens (tertiary/aromatic N) is 3. The fraction of sp³-hybridized carbons (Fsp3) is 0.211. The summed E-state index contributed by atoms with van der Waals surface area (Å²) in [5, 5.41) is 22.6. The number of aliphatic carboxylic acids is 1. The van der Waals surface area contributed by atoms with Crippen molar-refractivity contribution in [3.8, 4) is 40.1 Å². The predicted molar refractivity (Wildman–Crippen MR) is 196 cm³/mol. The number of pyridine rings is 2. The summed E-state index contributed by atoms with van der Waals surface area (Å²) >= 11 is 17.6. The van der Waals surface area contributed by atoms with Crippen LogP contribution in [0, 0.1) is 11.3 Å². The summed E-state index contributed by atoms with van der Waals surface area (Å²) in [5.74, 6) is -0.510. The smallest absolute Gasteiger partial charge is 0.320 e. The van der Waals surface area contributed by atoms with Crippen molar-refractivity contribution in [2.75, 3.05) is 0 Å². The fourth-order valence-corrected chi connectivity index (χ4v) is 6.90. The van der Waals surface area contributed by atoms with Gasteiger partial charge in [0.1, 0.15) is 25.3 Å². The maximum atomic E-state index is 11.4. The van der Waals surface area contributed by atoms with E-state index < -0.39 is 12.0 Å². The summed E-state index contributed by atoms with van der Waals surface area (Å²) in [7, 11) is 0. The van der Waals surface area contributed by atoms with E-state index in [4.69, 9.17) is 38.4 Å². The zero-order chi connectivity index (χ0) is 35.4. The minimum absolute atomic E-state index is 0.0742. The maximum absolute atomic E-state index is 11.4. The highest BCUT2D eigenvalue weighted by Gasteiger charge is 2.21. The lowest BCUT2D eigenvalue weighted by Crippen LogP contribution is -2.33. The van der Waals surface area contributed by atoms with Gasteiger partial charge in [-0.15, -0.1) is 0 Å². The van der Waals surface area contributed by atoms with Crippen molar-refractivity contribution in [3.63, 3.8) is 0 Å². The molecular weight excluding hydrogens is 741 g/mol. The van der Waals surface area contributed by atoms with Gasteiger partial charge in [-0.3, -0.25) is 9.78 Å². The van der Waals surface area contributed by atoms with Crippen LogP contribution in [0.3, 0.4) is 0 Å². The molecule has 50 heavy (non-hydrogen) atoms. The van der Waals surface area contributed by atoms with Crippen molar-refractivity contribution < 1.29 is 19.4 Å². The summed E-state index contributed by atoms with van der Waals surface area (Å²) in [5.41, 5.74) is 14.6. The number of halogens is 3. The number of hydrogen-bond donors (Lipinski definition) is 3. The van der Waals surface area contributed by atoms with Crippen molar-refractivity contribution in [1.29, 1.82) is 5.26 Å². The number of nitrogens with two attached hydrogens (primary N) is 1. The van der Waals surface area contributed by atoms with Gasteiger partial charge in [0.25, 0.3) is 0 Å². The zero-order valence-electron chi connectivity index (χ0n) is 26.9. The van der Waals surface area contributed by atoms with Gasteiger partial charge in [0.2, 0.25) is 11.8 Å². The number of carboxylic acid groups (broad SMARTS) is 1. The molecule has 1 aliphatic rings. The van der Waals surface area contributed by atoms with Crippen LogP contribution in [-0.2, 0) is 37.4 Å². The average Bonchev–Trinajstić information content (AvgIpc) is 3.49. The van der Waals surface area contributed by atoms with E-state index in [1.165, 1.54) is 17.3 Å². The van der Waals surface area contributed by atoms with E-state index in [0.717, 1.165) is 35.1 Å². The van der Waals surface area contributed by atoms with Crippen molar-refractivity contribution in [3.05, 3.63) is 127 Å². The minimum Gasteiger partial charge on any atom is -0.480 e. The van der Waals surface area contributed by atoms with Crippen LogP contribution >= 0.6 is 39.1 Å². The number of ether oxygens (including phenoxy) is 2. The Bertz CT molecular complexity index is 2120. The second-order valence-corrected chi connectivity index (χ2v) is 13.7. The lowest BCUT2D eigenvalue weighted by atomic mass is 9.96. The predicted octanol–water partition coefficient (Wildman–Crippen LogP) is 7.90. The van der Waals surface area contributed by atoms with Gasteiger partial charge in [-0.05, 0) is 64.5 Å². The van der Waals surface area contributed by atoms with E-state index in [9.17, 15) is 15.2 Å². The minimum atomic E-state index is -0.987. The largest absolute Gasteiger partial charge is 0.480 e. The van der Waals surface area contributed by atoms with E-state index >= 15 is 0 Å². The molecule has 0 radical (unpaired) electrons. The van der Waals surface area contributed by atoms with Gasteiger partial charge in [0.15, 0.2) is 0 Å². The number of aromatic nitrogens is 2. The van der Waals surface area contributed by atoms with Gasteiger partial charge >= 0.3 is 5.97 Å². The molecule has 2 aromatic heterocycles. The Kier molecular flexibility index (Phi) is 11.0. The molecule has 2 atom stereocenters. The van der Waals surface area contributed by atoms with Gasteiger partial charge in [-0.25, -0.2) is 0 Å². The number of nitrogens with one attached hydrogen (secondary N) is 1. The summed E-state index contributed by atoms with van der Waals surface area (Å²) < 4.78 is 12.8. The molecule has 0 saturated carbocycles. The molecular formula is C38H32BrCl2N5O4. The quantitative estimate of drug-likeness (QED) is 0.115. The molecule has 0 saturated heterocycles. The molecule has 0 bridgehead atoms. The molecule has 1 aliphatic carbocycles. The highest BCUT2D eigenvalue weighted by Crippen LogP contribution is 2.41. The molecule has 0 unspecified atom stereocenters. The second-order valence-electron chi connectivity index (χ2n) is 12.0. The molecule has 0 aliphatic heterocycles. The third-order valence-electron chi connectivity index (χ3n) is 8.47. The fourth-order valence-electron chi connectivity index (χ4n) is 5.80. The first-order chi connectivity index (χ1) is 24.1. The molecule has 254 valence electrons. The third-order valence-corrected chi connectivity index (χ3v) is 9.89. The van der Waals surface area contributed by atoms with Gasteiger partial charge in [0.05, 0.1) is 20.1 Å². The summed E-state index contributed by atoms with van der Waals surface area (Å²) in [6.07, 6.45) is 4.80. The van der Waals surface area contributed by atoms with Crippen LogP contribution < -0.4 is 20.5 Å². The van der Waals surface area contributed by atoms with Crippen molar-refractivity contribution >= 4 is 45.1 Å². The molecule has 12 heteroatoms. The molecule has 6 rings (SSSR count). The molecule has 0 spiro atoms. The number of nitriles is 1. The Morgan fingerprint density at radius 3 is 2.48 bits per heavy atom. The first-order valence-electron chi connectivity index (χ1n) is 15.8. The standard InChI is InChI=1S/C38H32BrCl2N5O4/c1-21(38(47)48)45-18-28-14-33(39)37(46-36(28)49-19-23-10-22(15-42)16-44-17-23)50-20-26-4-2-6-31(34(26)40)32-7-3-5-30(35(32)41)25-9-8-24-12-29(43)13-27(24)11-25/h2-11,14,16-17,21,29,45H,12-13,18-20,43H2,1H3,(H,47,48)/t21-,29-/m0/s1. The number of carboxylic acids is 1.